The number of rotatable bonds is 4. The molecule has 22 heavy (non-hydrogen) atoms. The van der Waals surface area contributed by atoms with Gasteiger partial charge in [0.1, 0.15) is 5.82 Å². The van der Waals surface area contributed by atoms with E-state index in [0.29, 0.717) is 0 Å². The zero-order valence-electron chi connectivity index (χ0n) is 13.5. The standard InChI is InChI=1S/C18H27FN2O/c1-15-11-17(19)6-5-16(15)12-21-10-7-18(22,14-21)13-20-8-3-2-4-9-20/h5-6,11,22H,2-4,7-10,12-14H2,1H3/t18-/m0/s1. The molecule has 0 saturated carbocycles. The maximum atomic E-state index is 13.2. The smallest absolute Gasteiger partial charge is 0.123 e. The summed E-state index contributed by atoms with van der Waals surface area (Å²) in [6, 6.07) is 4.98. The van der Waals surface area contributed by atoms with Crippen LogP contribution in [-0.2, 0) is 6.54 Å². The molecule has 2 aliphatic heterocycles. The lowest BCUT2D eigenvalue weighted by Gasteiger charge is -2.33. The number of aryl methyl sites for hydroxylation is 1. The first kappa shape index (κ1) is 15.9. The lowest BCUT2D eigenvalue weighted by atomic mass is 10.0. The van der Waals surface area contributed by atoms with E-state index in [1.807, 2.05) is 13.0 Å². The van der Waals surface area contributed by atoms with Crippen LogP contribution in [-0.4, -0.2) is 53.2 Å². The van der Waals surface area contributed by atoms with Crippen molar-refractivity contribution < 1.29 is 9.50 Å². The van der Waals surface area contributed by atoms with E-state index in [1.165, 1.54) is 25.3 Å². The summed E-state index contributed by atoms with van der Waals surface area (Å²) >= 11 is 0. The van der Waals surface area contributed by atoms with Gasteiger partial charge in [-0.3, -0.25) is 4.90 Å². The Morgan fingerprint density at radius 3 is 2.64 bits per heavy atom. The topological polar surface area (TPSA) is 26.7 Å². The number of piperidine rings is 1. The van der Waals surface area contributed by atoms with Crippen molar-refractivity contribution in [2.24, 2.45) is 0 Å². The van der Waals surface area contributed by atoms with E-state index in [1.54, 1.807) is 6.07 Å². The molecule has 2 fully saturated rings. The molecule has 1 atom stereocenters. The fraction of sp³-hybridized carbons (Fsp3) is 0.667. The van der Waals surface area contributed by atoms with Crippen molar-refractivity contribution >= 4 is 0 Å². The normalized spacial score (nSPS) is 27.4. The Hall–Kier alpha value is -0.970. The Morgan fingerprint density at radius 2 is 1.91 bits per heavy atom. The van der Waals surface area contributed by atoms with Crippen LogP contribution in [0, 0.1) is 12.7 Å². The highest BCUT2D eigenvalue weighted by Crippen LogP contribution is 2.26. The third-order valence-electron chi connectivity index (χ3n) is 5.08. The summed E-state index contributed by atoms with van der Waals surface area (Å²) in [5, 5.41) is 10.9. The molecule has 2 heterocycles. The van der Waals surface area contributed by atoms with Crippen molar-refractivity contribution in [2.75, 3.05) is 32.7 Å². The lowest BCUT2D eigenvalue weighted by molar-refractivity contribution is 0.00633. The van der Waals surface area contributed by atoms with Gasteiger partial charge in [0.2, 0.25) is 0 Å². The average Bonchev–Trinajstić information content (AvgIpc) is 2.84. The molecule has 2 aliphatic rings. The molecule has 3 nitrogen and oxygen atoms in total. The lowest BCUT2D eigenvalue weighted by Crippen LogP contribution is -2.46. The summed E-state index contributed by atoms with van der Waals surface area (Å²) in [7, 11) is 0. The second-order valence-corrected chi connectivity index (χ2v) is 7.09. The van der Waals surface area contributed by atoms with Crippen molar-refractivity contribution in [1.82, 2.24) is 9.80 Å². The Morgan fingerprint density at radius 1 is 1.14 bits per heavy atom. The van der Waals surface area contributed by atoms with Gasteiger partial charge in [-0.2, -0.15) is 0 Å². The molecule has 2 saturated heterocycles. The molecule has 1 N–H and O–H groups in total. The van der Waals surface area contributed by atoms with Crippen LogP contribution in [0.4, 0.5) is 4.39 Å². The molecular weight excluding hydrogens is 279 g/mol. The number of nitrogens with zero attached hydrogens (tertiary/aromatic N) is 2. The van der Waals surface area contributed by atoms with E-state index in [4.69, 9.17) is 0 Å². The monoisotopic (exact) mass is 306 g/mol. The van der Waals surface area contributed by atoms with Gasteiger partial charge in [0.25, 0.3) is 0 Å². The van der Waals surface area contributed by atoms with E-state index >= 15 is 0 Å². The number of β-amino-alcohol motifs (C(OH)–C–C–N with tert-alkyl or cyclic N) is 1. The maximum Gasteiger partial charge on any atom is 0.123 e. The quantitative estimate of drug-likeness (QED) is 0.926. The van der Waals surface area contributed by atoms with E-state index in [9.17, 15) is 9.50 Å². The summed E-state index contributed by atoms with van der Waals surface area (Å²) < 4.78 is 13.2. The van der Waals surface area contributed by atoms with Gasteiger partial charge in [-0.05, 0) is 62.5 Å². The van der Waals surface area contributed by atoms with E-state index in [-0.39, 0.29) is 5.82 Å². The van der Waals surface area contributed by atoms with Crippen LogP contribution in [0.2, 0.25) is 0 Å². The van der Waals surface area contributed by atoms with Crippen molar-refractivity contribution in [3.05, 3.63) is 35.1 Å². The number of hydrogen-bond donors (Lipinski definition) is 1. The molecule has 0 spiro atoms. The number of benzene rings is 1. The first-order valence-electron chi connectivity index (χ1n) is 8.46. The van der Waals surface area contributed by atoms with Crippen molar-refractivity contribution in [1.29, 1.82) is 0 Å². The third-order valence-corrected chi connectivity index (χ3v) is 5.08. The van der Waals surface area contributed by atoms with Crippen LogP contribution >= 0.6 is 0 Å². The van der Waals surface area contributed by atoms with Crippen LogP contribution in [0.25, 0.3) is 0 Å². The second kappa shape index (κ2) is 6.65. The zero-order valence-corrected chi connectivity index (χ0v) is 13.5. The molecule has 0 aromatic heterocycles. The van der Waals surface area contributed by atoms with E-state index in [0.717, 1.165) is 56.8 Å². The number of halogens is 1. The summed E-state index contributed by atoms with van der Waals surface area (Å²) in [6.07, 6.45) is 4.68. The molecule has 3 rings (SSSR count). The minimum Gasteiger partial charge on any atom is -0.387 e. The summed E-state index contributed by atoms with van der Waals surface area (Å²) in [4.78, 5) is 4.71. The zero-order chi connectivity index (χ0) is 15.6. The van der Waals surface area contributed by atoms with Gasteiger partial charge in [-0.25, -0.2) is 4.39 Å². The largest absolute Gasteiger partial charge is 0.387 e. The molecule has 0 unspecified atom stereocenters. The Labute approximate surface area is 132 Å². The van der Waals surface area contributed by atoms with Crippen LogP contribution in [0.3, 0.4) is 0 Å². The second-order valence-electron chi connectivity index (χ2n) is 7.09. The molecule has 4 heteroatoms. The van der Waals surface area contributed by atoms with Gasteiger partial charge in [0.15, 0.2) is 0 Å². The molecule has 0 amide bonds. The predicted molar refractivity (Wildman–Crippen MR) is 86.3 cm³/mol. The Bertz CT molecular complexity index is 516. The molecule has 1 aromatic rings. The van der Waals surface area contributed by atoms with Gasteiger partial charge in [0.05, 0.1) is 5.60 Å². The first-order valence-corrected chi connectivity index (χ1v) is 8.46. The van der Waals surface area contributed by atoms with Gasteiger partial charge in [0, 0.05) is 26.2 Å². The van der Waals surface area contributed by atoms with Gasteiger partial charge >= 0.3 is 0 Å². The SMILES string of the molecule is Cc1cc(F)ccc1CN1CC[C@](O)(CN2CCCCC2)C1. The average molecular weight is 306 g/mol. The highest BCUT2D eigenvalue weighted by Gasteiger charge is 2.37. The molecule has 0 aliphatic carbocycles. The Balaban J connectivity index is 1.56. The number of likely N-dealkylation sites (tertiary alicyclic amines) is 2. The van der Waals surface area contributed by atoms with Gasteiger partial charge in [-0.15, -0.1) is 0 Å². The fourth-order valence-electron chi connectivity index (χ4n) is 3.82. The fourth-order valence-corrected chi connectivity index (χ4v) is 3.82. The highest BCUT2D eigenvalue weighted by atomic mass is 19.1. The van der Waals surface area contributed by atoms with Crippen LogP contribution in [0.5, 0.6) is 0 Å². The van der Waals surface area contributed by atoms with Gasteiger partial charge < -0.3 is 10.0 Å². The molecule has 1 aromatic carbocycles. The summed E-state index contributed by atoms with van der Waals surface area (Å²) in [6.45, 7) is 7.44. The van der Waals surface area contributed by atoms with Crippen LogP contribution in [0.15, 0.2) is 18.2 Å². The summed E-state index contributed by atoms with van der Waals surface area (Å²) in [5.41, 5.74) is 1.57. The Kier molecular flexibility index (Phi) is 4.81. The maximum absolute atomic E-state index is 13.2. The van der Waals surface area contributed by atoms with Crippen molar-refractivity contribution in [3.8, 4) is 0 Å². The third kappa shape index (κ3) is 3.86. The van der Waals surface area contributed by atoms with Crippen LogP contribution in [0.1, 0.15) is 36.8 Å². The van der Waals surface area contributed by atoms with Crippen molar-refractivity contribution in [2.45, 2.75) is 44.8 Å². The molecule has 0 bridgehead atoms. The molecule has 122 valence electrons. The van der Waals surface area contributed by atoms with E-state index in [2.05, 4.69) is 9.80 Å². The van der Waals surface area contributed by atoms with Crippen LogP contribution < -0.4 is 0 Å². The predicted octanol–water partition coefficient (Wildman–Crippen LogP) is 2.56. The number of hydrogen-bond acceptors (Lipinski definition) is 3. The number of aliphatic hydroxyl groups is 1. The first-order chi connectivity index (χ1) is 10.5. The van der Waals surface area contributed by atoms with E-state index < -0.39 is 5.60 Å². The summed E-state index contributed by atoms with van der Waals surface area (Å²) in [5.74, 6) is -0.177. The van der Waals surface area contributed by atoms with Gasteiger partial charge in [-0.1, -0.05) is 12.5 Å². The molecular formula is C18H27FN2O. The molecule has 0 radical (unpaired) electrons. The highest BCUT2D eigenvalue weighted by molar-refractivity contribution is 5.26. The minimum atomic E-state index is -0.578. The minimum absolute atomic E-state index is 0.177. The van der Waals surface area contributed by atoms with Crippen molar-refractivity contribution in [3.63, 3.8) is 0 Å².